The van der Waals surface area contributed by atoms with Crippen LogP contribution in [-0.4, -0.2) is 27.8 Å². The molecule has 0 radical (unpaired) electrons. The number of nitrogens with zero attached hydrogens (tertiary/aromatic N) is 3. The molecule has 0 unspecified atom stereocenters. The highest BCUT2D eigenvalue weighted by molar-refractivity contribution is 7.09. The van der Waals surface area contributed by atoms with Crippen LogP contribution in [0.25, 0.3) is 5.69 Å². The minimum Gasteiger partial charge on any atom is -0.378 e. The number of benzene rings is 1. The standard InChI is InChI=1S/C15H13ClN4O2S/c1-22-8-14-19-12(9-23-14)15(21)18-10-6-17-20(7-10)13-5-3-2-4-11(13)16/h2-7,9H,8H2,1H3,(H,18,21). The van der Waals surface area contributed by atoms with E-state index in [0.717, 1.165) is 10.7 Å². The molecule has 0 aliphatic carbocycles. The summed E-state index contributed by atoms with van der Waals surface area (Å²) < 4.78 is 6.60. The summed E-state index contributed by atoms with van der Waals surface area (Å²) >= 11 is 7.52. The average Bonchev–Trinajstić information content (AvgIpc) is 3.18. The van der Waals surface area contributed by atoms with Gasteiger partial charge in [0.2, 0.25) is 0 Å². The number of halogens is 1. The van der Waals surface area contributed by atoms with E-state index in [-0.39, 0.29) is 5.91 Å². The van der Waals surface area contributed by atoms with E-state index < -0.39 is 0 Å². The second kappa shape index (κ2) is 6.91. The molecule has 0 atom stereocenters. The number of hydrogen-bond donors (Lipinski definition) is 1. The summed E-state index contributed by atoms with van der Waals surface area (Å²) in [5.41, 5.74) is 1.66. The van der Waals surface area contributed by atoms with Gasteiger partial charge in [0.05, 0.1) is 35.4 Å². The molecule has 0 aliphatic heterocycles. The summed E-state index contributed by atoms with van der Waals surface area (Å²) in [4.78, 5) is 16.4. The largest absolute Gasteiger partial charge is 0.378 e. The molecule has 0 aliphatic rings. The predicted octanol–water partition coefficient (Wildman–Crippen LogP) is 3.38. The van der Waals surface area contributed by atoms with Gasteiger partial charge in [-0.1, -0.05) is 23.7 Å². The van der Waals surface area contributed by atoms with Crippen LogP contribution in [-0.2, 0) is 11.3 Å². The summed E-state index contributed by atoms with van der Waals surface area (Å²) in [7, 11) is 1.59. The molecule has 8 heteroatoms. The van der Waals surface area contributed by atoms with Crippen LogP contribution in [0.3, 0.4) is 0 Å². The van der Waals surface area contributed by atoms with E-state index in [1.807, 2.05) is 18.2 Å². The molecule has 0 saturated carbocycles. The summed E-state index contributed by atoms with van der Waals surface area (Å²) in [5.74, 6) is -0.290. The maximum absolute atomic E-state index is 12.2. The van der Waals surface area contributed by atoms with Crippen molar-refractivity contribution in [3.05, 3.63) is 57.8 Å². The molecule has 1 N–H and O–H groups in total. The highest BCUT2D eigenvalue weighted by atomic mass is 35.5. The fourth-order valence-electron chi connectivity index (χ4n) is 1.96. The number of anilines is 1. The normalized spacial score (nSPS) is 10.7. The molecule has 3 rings (SSSR count). The van der Waals surface area contributed by atoms with Gasteiger partial charge in [-0.05, 0) is 12.1 Å². The van der Waals surface area contributed by atoms with E-state index >= 15 is 0 Å². The van der Waals surface area contributed by atoms with Gasteiger partial charge < -0.3 is 10.1 Å². The van der Waals surface area contributed by atoms with Gasteiger partial charge in [-0.2, -0.15) is 5.10 Å². The number of nitrogens with one attached hydrogen (secondary N) is 1. The van der Waals surface area contributed by atoms with Crippen molar-refractivity contribution in [1.29, 1.82) is 0 Å². The second-order valence-electron chi connectivity index (χ2n) is 4.64. The Hall–Kier alpha value is -2.22. The lowest BCUT2D eigenvalue weighted by atomic mass is 10.3. The third kappa shape index (κ3) is 3.58. The highest BCUT2D eigenvalue weighted by Crippen LogP contribution is 2.21. The van der Waals surface area contributed by atoms with Gasteiger partial charge in [0.1, 0.15) is 10.7 Å². The van der Waals surface area contributed by atoms with Crippen molar-refractivity contribution in [2.45, 2.75) is 6.61 Å². The van der Waals surface area contributed by atoms with Crippen molar-refractivity contribution in [2.24, 2.45) is 0 Å². The highest BCUT2D eigenvalue weighted by Gasteiger charge is 2.12. The van der Waals surface area contributed by atoms with Gasteiger partial charge in [0, 0.05) is 12.5 Å². The topological polar surface area (TPSA) is 69.0 Å². The molecule has 23 heavy (non-hydrogen) atoms. The number of hydrogen-bond acceptors (Lipinski definition) is 5. The van der Waals surface area contributed by atoms with Crippen molar-refractivity contribution in [1.82, 2.24) is 14.8 Å². The lowest BCUT2D eigenvalue weighted by Gasteiger charge is -2.03. The quantitative estimate of drug-likeness (QED) is 0.767. The number of thiazole rings is 1. The molecule has 118 valence electrons. The van der Waals surface area contributed by atoms with Crippen LogP contribution in [0.15, 0.2) is 42.0 Å². The van der Waals surface area contributed by atoms with E-state index in [4.69, 9.17) is 16.3 Å². The van der Waals surface area contributed by atoms with E-state index in [1.54, 1.807) is 35.6 Å². The SMILES string of the molecule is COCc1nc(C(=O)Nc2cnn(-c3ccccc3Cl)c2)cs1. The van der Waals surface area contributed by atoms with Crippen molar-refractivity contribution < 1.29 is 9.53 Å². The van der Waals surface area contributed by atoms with Crippen LogP contribution in [0, 0.1) is 0 Å². The van der Waals surface area contributed by atoms with Gasteiger partial charge in [-0.15, -0.1) is 11.3 Å². The van der Waals surface area contributed by atoms with E-state index in [0.29, 0.717) is 23.0 Å². The molecule has 0 fully saturated rings. The number of aromatic nitrogens is 3. The van der Waals surface area contributed by atoms with Gasteiger partial charge >= 0.3 is 0 Å². The Labute approximate surface area is 141 Å². The number of carbonyl (C=O) groups excluding carboxylic acids is 1. The molecule has 0 saturated heterocycles. The molecular formula is C15H13ClN4O2S. The van der Waals surface area contributed by atoms with Gasteiger partial charge in [-0.3, -0.25) is 4.79 Å². The van der Waals surface area contributed by atoms with Crippen molar-refractivity contribution in [3.63, 3.8) is 0 Å². The minimum absolute atomic E-state index is 0.290. The lowest BCUT2D eigenvalue weighted by molar-refractivity contribution is 0.102. The average molecular weight is 349 g/mol. The Kier molecular flexibility index (Phi) is 4.71. The molecule has 0 spiro atoms. The van der Waals surface area contributed by atoms with Crippen LogP contribution in [0.5, 0.6) is 0 Å². The van der Waals surface area contributed by atoms with Crippen LogP contribution in [0.2, 0.25) is 5.02 Å². The van der Waals surface area contributed by atoms with Crippen molar-refractivity contribution in [2.75, 3.05) is 12.4 Å². The maximum atomic E-state index is 12.2. The molecular weight excluding hydrogens is 336 g/mol. The van der Waals surface area contributed by atoms with E-state index in [1.165, 1.54) is 11.3 Å². The Morgan fingerprint density at radius 1 is 1.43 bits per heavy atom. The zero-order valence-corrected chi connectivity index (χ0v) is 13.8. The predicted molar refractivity (Wildman–Crippen MR) is 89.4 cm³/mol. The molecule has 0 bridgehead atoms. The minimum atomic E-state index is -0.290. The number of carbonyl (C=O) groups is 1. The van der Waals surface area contributed by atoms with Crippen molar-refractivity contribution in [3.8, 4) is 5.69 Å². The molecule has 2 heterocycles. The van der Waals surface area contributed by atoms with E-state index in [2.05, 4.69) is 15.4 Å². The molecule has 3 aromatic rings. The van der Waals surface area contributed by atoms with Gasteiger partial charge in [0.15, 0.2) is 0 Å². The monoisotopic (exact) mass is 348 g/mol. The van der Waals surface area contributed by atoms with Crippen LogP contribution in [0.1, 0.15) is 15.5 Å². The second-order valence-corrected chi connectivity index (χ2v) is 5.99. The molecule has 1 aromatic carbocycles. The maximum Gasteiger partial charge on any atom is 0.275 e. The number of amides is 1. The summed E-state index contributed by atoms with van der Waals surface area (Å²) in [6.07, 6.45) is 3.26. The van der Waals surface area contributed by atoms with Crippen LogP contribution in [0.4, 0.5) is 5.69 Å². The first-order valence-corrected chi connectivity index (χ1v) is 7.97. The fraction of sp³-hybridized carbons (Fsp3) is 0.133. The number of methoxy groups -OCH3 is 1. The smallest absolute Gasteiger partial charge is 0.275 e. The summed E-state index contributed by atoms with van der Waals surface area (Å²) in [5, 5.41) is 10.0. The first-order chi connectivity index (χ1) is 11.2. The van der Waals surface area contributed by atoms with Crippen LogP contribution < -0.4 is 5.32 Å². The Morgan fingerprint density at radius 3 is 3.04 bits per heavy atom. The van der Waals surface area contributed by atoms with E-state index in [9.17, 15) is 4.79 Å². The zero-order valence-electron chi connectivity index (χ0n) is 12.2. The molecule has 2 aromatic heterocycles. The Bertz CT molecular complexity index is 830. The van der Waals surface area contributed by atoms with Gasteiger partial charge in [-0.25, -0.2) is 9.67 Å². The number of para-hydroxylation sites is 1. The number of rotatable bonds is 5. The molecule has 1 amide bonds. The summed E-state index contributed by atoms with van der Waals surface area (Å²) in [6, 6.07) is 7.34. The third-order valence-corrected chi connectivity index (χ3v) is 4.13. The third-order valence-electron chi connectivity index (χ3n) is 2.99. The molecule has 6 nitrogen and oxygen atoms in total. The number of ether oxygens (including phenoxy) is 1. The van der Waals surface area contributed by atoms with Crippen molar-refractivity contribution >= 4 is 34.5 Å². The first kappa shape index (κ1) is 15.7. The van der Waals surface area contributed by atoms with Gasteiger partial charge in [0.25, 0.3) is 5.91 Å². The lowest BCUT2D eigenvalue weighted by Crippen LogP contribution is -2.12. The first-order valence-electron chi connectivity index (χ1n) is 6.71. The Balaban J connectivity index is 1.73. The zero-order chi connectivity index (χ0) is 16.2. The van der Waals surface area contributed by atoms with Crippen LogP contribution >= 0.6 is 22.9 Å². The fourth-order valence-corrected chi connectivity index (χ4v) is 2.92. The Morgan fingerprint density at radius 2 is 2.26 bits per heavy atom. The summed E-state index contributed by atoms with van der Waals surface area (Å²) in [6.45, 7) is 0.391.